The molecule has 0 unspecified atom stereocenters. The Morgan fingerprint density at radius 2 is 1.73 bits per heavy atom. The van der Waals surface area contributed by atoms with Gasteiger partial charge in [-0.3, -0.25) is 38.6 Å². The first-order chi connectivity index (χ1) is 20.7. The highest BCUT2D eigenvalue weighted by molar-refractivity contribution is 6.00. The first-order valence-electron chi connectivity index (χ1n) is 14.6. The van der Waals surface area contributed by atoms with Crippen LogP contribution in [0.5, 0.6) is 0 Å². The van der Waals surface area contributed by atoms with Crippen molar-refractivity contribution in [2.45, 2.75) is 83.5 Å². The van der Waals surface area contributed by atoms with E-state index in [2.05, 4.69) is 25.9 Å². The van der Waals surface area contributed by atoms with Gasteiger partial charge < -0.3 is 37.4 Å². The van der Waals surface area contributed by atoms with Crippen molar-refractivity contribution in [1.82, 2.24) is 20.9 Å². The van der Waals surface area contributed by atoms with E-state index in [1.54, 1.807) is 0 Å². The van der Waals surface area contributed by atoms with E-state index in [-0.39, 0.29) is 30.4 Å². The third-order valence-corrected chi connectivity index (χ3v) is 7.29. The molecule has 0 saturated carbocycles. The van der Waals surface area contributed by atoms with E-state index in [0.29, 0.717) is 38.1 Å². The normalized spacial score (nSPS) is 18.6. The first kappa shape index (κ1) is 36.1. The Hall–Kier alpha value is -4.05. The SMILES string of the molecule is CC(=O)[C@@H]1CCCN1C(=O)[C@@H](CC(=O)CNC(=O)[C@H](CC(N)=O)NC(=O)[C@H](CO)NC(=O)[C@@H](N)CC1=NC=NC1)CC(C)C. The lowest BCUT2D eigenvalue weighted by molar-refractivity contribution is -0.142. The van der Waals surface area contributed by atoms with Crippen LogP contribution in [0.25, 0.3) is 0 Å². The highest BCUT2D eigenvalue weighted by atomic mass is 16.3. The summed E-state index contributed by atoms with van der Waals surface area (Å²) in [5.74, 6) is -5.05. The van der Waals surface area contributed by atoms with Crippen LogP contribution in [-0.2, 0) is 33.6 Å². The van der Waals surface area contributed by atoms with Crippen molar-refractivity contribution in [1.29, 1.82) is 0 Å². The van der Waals surface area contributed by atoms with Gasteiger partial charge in [-0.15, -0.1) is 0 Å². The quantitative estimate of drug-likeness (QED) is 0.0933. The zero-order valence-electron chi connectivity index (χ0n) is 25.4. The van der Waals surface area contributed by atoms with Crippen molar-refractivity contribution in [3.8, 4) is 0 Å². The van der Waals surface area contributed by atoms with Gasteiger partial charge in [0.2, 0.25) is 29.5 Å². The Morgan fingerprint density at radius 3 is 2.30 bits per heavy atom. The molecular weight excluding hydrogens is 576 g/mol. The summed E-state index contributed by atoms with van der Waals surface area (Å²) in [4.78, 5) is 97.3. The number of Topliss-reactive ketones (excluding diaryl/α,β-unsaturated/α-hetero) is 2. The molecule has 244 valence electrons. The number of aliphatic imine (C=N–C) groups is 2. The second-order valence-corrected chi connectivity index (χ2v) is 11.5. The standard InChI is InChI=1S/C28H44N8O8/c1-15(2)7-17(28(44)36-6-4-5-23(36)16(3)38)8-19(39)12-32-26(42)21(10-24(30)40)34-27(43)22(13-37)35-25(41)20(29)9-18-11-31-14-33-18/h14-15,17,20-23,37H,4-13,29H2,1-3H3,(H2,30,40)(H,32,42)(H,34,43)(H,35,41)/t17-,20+,21+,22+,23+/m1/s1. The number of hydrogen-bond acceptors (Lipinski definition) is 11. The maximum absolute atomic E-state index is 13.3. The van der Waals surface area contributed by atoms with Crippen LogP contribution >= 0.6 is 0 Å². The summed E-state index contributed by atoms with van der Waals surface area (Å²) in [6.07, 6.45) is 2.27. The van der Waals surface area contributed by atoms with E-state index in [1.807, 2.05) is 13.8 Å². The molecule has 2 rings (SSSR count). The highest BCUT2D eigenvalue weighted by Gasteiger charge is 2.36. The van der Waals surface area contributed by atoms with Crippen molar-refractivity contribution in [2.24, 2.45) is 33.3 Å². The zero-order valence-corrected chi connectivity index (χ0v) is 25.4. The van der Waals surface area contributed by atoms with Crippen LogP contribution in [-0.4, -0.2) is 114 Å². The fourth-order valence-electron chi connectivity index (χ4n) is 5.11. The molecule has 2 heterocycles. The minimum Gasteiger partial charge on any atom is -0.394 e. The van der Waals surface area contributed by atoms with Gasteiger partial charge in [-0.1, -0.05) is 13.8 Å². The molecule has 8 N–H and O–H groups in total. The average molecular weight is 621 g/mol. The number of ketones is 2. The Morgan fingerprint density at radius 1 is 1.05 bits per heavy atom. The molecule has 1 saturated heterocycles. The largest absolute Gasteiger partial charge is 0.394 e. The Balaban J connectivity index is 1.98. The molecule has 1 fully saturated rings. The van der Waals surface area contributed by atoms with Crippen LogP contribution in [0.15, 0.2) is 9.98 Å². The number of amides is 5. The van der Waals surface area contributed by atoms with Crippen molar-refractivity contribution < 1.29 is 38.7 Å². The van der Waals surface area contributed by atoms with Gasteiger partial charge in [-0.25, -0.2) is 4.99 Å². The van der Waals surface area contributed by atoms with E-state index in [0.717, 1.165) is 0 Å². The number of nitrogens with one attached hydrogen (secondary N) is 3. The van der Waals surface area contributed by atoms with Crippen LogP contribution in [0, 0.1) is 11.8 Å². The summed E-state index contributed by atoms with van der Waals surface area (Å²) in [5.41, 5.74) is 11.7. The van der Waals surface area contributed by atoms with Gasteiger partial charge in [0.05, 0.1) is 38.2 Å². The maximum atomic E-state index is 13.3. The van der Waals surface area contributed by atoms with Crippen molar-refractivity contribution in [2.75, 3.05) is 26.2 Å². The van der Waals surface area contributed by atoms with Crippen molar-refractivity contribution in [3.05, 3.63) is 0 Å². The second kappa shape index (κ2) is 17.3. The lowest BCUT2D eigenvalue weighted by Crippen LogP contribution is -2.57. The van der Waals surface area contributed by atoms with Crippen LogP contribution in [0.4, 0.5) is 0 Å². The van der Waals surface area contributed by atoms with Crippen molar-refractivity contribution in [3.63, 3.8) is 0 Å². The molecule has 0 aliphatic carbocycles. The second-order valence-electron chi connectivity index (χ2n) is 11.5. The maximum Gasteiger partial charge on any atom is 0.245 e. The third kappa shape index (κ3) is 11.2. The number of aliphatic hydroxyl groups is 1. The molecular formula is C28H44N8O8. The molecule has 44 heavy (non-hydrogen) atoms. The summed E-state index contributed by atoms with van der Waals surface area (Å²) in [6, 6.07) is -4.62. The van der Waals surface area contributed by atoms with Crippen LogP contribution in [0.2, 0.25) is 0 Å². The molecule has 0 aromatic rings. The van der Waals surface area contributed by atoms with Crippen LogP contribution in [0.1, 0.15) is 59.3 Å². The number of primary amides is 1. The number of carbonyl (C=O) groups excluding carboxylic acids is 7. The Bertz CT molecular complexity index is 1170. The molecule has 2 aliphatic rings. The number of nitrogens with zero attached hydrogens (tertiary/aromatic N) is 3. The topological polar surface area (TPSA) is 256 Å². The van der Waals surface area contributed by atoms with Gasteiger partial charge in [-0.2, -0.15) is 0 Å². The molecule has 16 nitrogen and oxygen atoms in total. The van der Waals surface area contributed by atoms with E-state index in [1.165, 1.54) is 18.2 Å². The number of nitrogens with two attached hydrogens (primary N) is 2. The summed E-state index contributed by atoms with van der Waals surface area (Å²) in [5, 5.41) is 16.6. The fourth-order valence-corrected chi connectivity index (χ4v) is 5.11. The predicted molar refractivity (Wildman–Crippen MR) is 159 cm³/mol. The number of carbonyl (C=O) groups is 7. The lowest BCUT2D eigenvalue weighted by Gasteiger charge is -2.28. The van der Waals surface area contributed by atoms with Gasteiger partial charge in [0, 0.05) is 31.0 Å². The summed E-state index contributed by atoms with van der Waals surface area (Å²) < 4.78 is 0. The Kier molecular flexibility index (Phi) is 14.2. The third-order valence-electron chi connectivity index (χ3n) is 7.29. The first-order valence-corrected chi connectivity index (χ1v) is 14.6. The van der Waals surface area contributed by atoms with Gasteiger partial charge in [0.1, 0.15) is 18.4 Å². The minimum absolute atomic E-state index is 0.0747. The number of rotatable bonds is 18. The molecule has 0 radical (unpaired) electrons. The van der Waals surface area contributed by atoms with E-state index in [4.69, 9.17) is 11.5 Å². The lowest BCUT2D eigenvalue weighted by atomic mass is 9.90. The summed E-state index contributed by atoms with van der Waals surface area (Å²) in [6.45, 7) is 4.64. The van der Waals surface area contributed by atoms with E-state index >= 15 is 0 Å². The number of hydrogen-bond donors (Lipinski definition) is 6. The molecule has 16 heteroatoms. The molecule has 0 aromatic heterocycles. The van der Waals surface area contributed by atoms with Gasteiger partial charge in [0.15, 0.2) is 11.6 Å². The predicted octanol–water partition coefficient (Wildman–Crippen LogP) is -2.66. The van der Waals surface area contributed by atoms with Gasteiger partial charge in [0.25, 0.3) is 0 Å². The molecule has 0 bridgehead atoms. The Labute approximate surface area is 255 Å². The number of aliphatic hydroxyl groups excluding tert-OH is 1. The molecule has 5 atom stereocenters. The highest BCUT2D eigenvalue weighted by Crippen LogP contribution is 2.25. The monoisotopic (exact) mass is 620 g/mol. The average Bonchev–Trinajstić information content (AvgIpc) is 3.65. The van der Waals surface area contributed by atoms with Crippen molar-refractivity contribution >= 4 is 53.2 Å². The summed E-state index contributed by atoms with van der Waals surface area (Å²) >= 11 is 0. The van der Waals surface area contributed by atoms with Crippen LogP contribution < -0.4 is 27.4 Å². The smallest absolute Gasteiger partial charge is 0.245 e. The number of likely N-dealkylation sites (tertiary alicyclic amines) is 1. The molecule has 0 spiro atoms. The van der Waals surface area contributed by atoms with E-state index in [9.17, 15) is 38.7 Å². The van der Waals surface area contributed by atoms with Crippen LogP contribution in [0.3, 0.4) is 0 Å². The fraction of sp³-hybridized carbons (Fsp3) is 0.679. The molecule has 2 aliphatic heterocycles. The van der Waals surface area contributed by atoms with E-state index < -0.39 is 79.1 Å². The molecule has 5 amide bonds. The van der Waals surface area contributed by atoms with Gasteiger partial charge >= 0.3 is 0 Å². The summed E-state index contributed by atoms with van der Waals surface area (Å²) in [7, 11) is 0. The molecule has 0 aromatic carbocycles. The van der Waals surface area contributed by atoms with Gasteiger partial charge in [-0.05, 0) is 32.1 Å². The zero-order chi connectivity index (χ0) is 33.0. The minimum atomic E-state index is -1.52.